The third-order valence-electron chi connectivity index (χ3n) is 2.64. The van der Waals surface area contributed by atoms with Crippen LogP contribution in [-0.2, 0) is 0 Å². The Morgan fingerprint density at radius 1 is 0.938 bits per heavy atom. The van der Waals surface area contributed by atoms with E-state index in [1.54, 1.807) is 18.3 Å². The number of nitrogens with zero attached hydrogens (tertiary/aromatic N) is 1. The smallest absolute Gasteiger partial charge is 0.115 e. The Morgan fingerprint density at radius 3 is 2.50 bits per heavy atom. The van der Waals surface area contributed by atoms with E-state index < -0.39 is 0 Å². The SMILES string of the molecule is Oc1ccc(-c2ccc3cn[nH]c3c2)cc1. The summed E-state index contributed by atoms with van der Waals surface area (Å²) in [5.41, 5.74) is 3.21. The van der Waals surface area contributed by atoms with E-state index in [4.69, 9.17) is 0 Å². The summed E-state index contributed by atoms with van der Waals surface area (Å²) in [5.74, 6) is 0.284. The lowest BCUT2D eigenvalue weighted by Gasteiger charge is -2.01. The molecule has 0 aliphatic carbocycles. The van der Waals surface area contributed by atoms with Crippen molar-refractivity contribution in [3.63, 3.8) is 0 Å². The van der Waals surface area contributed by atoms with Crippen LogP contribution in [0.3, 0.4) is 0 Å². The van der Waals surface area contributed by atoms with Gasteiger partial charge < -0.3 is 5.11 Å². The number of aromatic nitrogens is 2. The maximum absolute atomic E-state index is 9.23. The molecule has 1 heterocycles. The van der Waals surface area contributed by atoms with Crippen molar-refractivity contribution in [3.8, 4) is 16.9 Å². The van der Waals surface area contributed by atoms with Crippen LogP contribution in [0.2, 0.25) is 0 Å². The molecule has 0 saturated carbocycles. The Kier molecular flexibility index (Phi) is 1.90. The number of phenolic OH excluding ortho intramolecular Hbond substituents is 1. The highest BCUT2D eigenvalue weighted by Gasteiger charge is 2.00. The van der Waals surface area contributed by atoms with E-state index in [9.17, 15) is 5.11 Å². The summed E-state index contributed by atoms with van der Waals surface area (Å²) in [6.07, 6.45) is 1.80. The van der Waals surface area contributed by atoms with Crippen molar-refractivity contribution in [3.05, 3.63) is 48.7 Å². The molecule has 0 radical (unpaired) electrons. The lowest BCUT2D eigenvalue weighted by Crippen LogP contribution is -1.77. The third-order valence-corrected chi connectivity index (χ3v) is 2.64. The maximum atomic E-state index is 9.23. The predicted octanol–water partition coefficient (Wildman–Crippen LogP) is 2.94. The van der Waals surface area contributed by atoms with E-state index in [1.165, 1.54) is 0 Å². The highest BCUT2D eigenvalue weighted by Crippen LogP contribution is 2.24. The molecule has 0 bridgehead atoms. The molecule has 0 aliphatic heterocycles. The van der Waals surface area contributed by atoms with Crippen molar-refractivity contribution in [2.45, 2.75) is 0 Å². The number of fused-ring (bicyclic) bond motifs is 1. The van der Waals surface area contributed by atoms with Crippen molar-refractivity contribution >= 4 is 10.9 Å². The quantitative estimate of drug-likeness (QED) is 0.648. The zero-order chi connectivity index (χ0) is 11.0. The Hall–Kier alpha value is -2.29. The van der Waals surface area contributed by atoms with Gasteiger partial charge in [0.2, 0.25) is 0 Å². The monoisotopic (exact) mass is 210 g/mol. The van der Waals surface area contributed by atoms with Gasteiger partial charge in [-0.1, -0.05) is 24.3 Å². The summed E-state index contributed by atoms with van der Waals surface area (Å²) in [4.78, 5) is 0. The van der Waals surface area contributed by atoms with E-state index in [0.29, 0.717) is 0 Å². The van der Waals surface area contributed by atoms with Crippen LogP contribution in [0.4, 0.5) is 0 Å². The number of rotatable bonds is 1. The maximum Gasteiger partial charge on any atom is 0.115 e. The van der Waals surface area contributed by atoms with Gasteiger partial charge in [-0.05, 0) is 29.3 Å². The van der Waals surface area contributed by atoms with Crippen LogP contribution in [0.25, 0.3) is 22.0 Å². The van der Waals surface area contributed by atoms with E-state index in [1.807, 2.05) is 24.3 Å². The summed E-state index contributed by atoms with van der Waals surface area (Å²) in [6.45, 7) is 0. The molecule has 0 unspecified atom stereocenters. The van der Waals surface area contributed by atoms with E-state index in [0.717, 1.165) is 22.0 Å². The molecule has 1 aromatic heterocycles. The highest BCUT2D eigenvalue weighted by molar-refractivity contribution is 5.83. The average Bonchev–Trinajstić information content (AvgIpc) is 2.77. The van der Waals surface area contributed by atoms with Crippen molar-refractivity contribution in [1.82, 2.24) is 10.2 Å². The van der Waals surface area contributed by atoms with Crippen LogP contribution in [0, 0.1) is 0 Å². The van der Waals surface area contributed by atoms with Gasteiger partial charge in [0.25, 0.3) is 0 Å². The Bertz CT molecular complexity index is 626. The van der Waals surface area contributed by atoms with Crippen molar-refractivity contribution in [2.75, 3.05) is 0 Å². The Balaban J connectivity index is 2.14. The van der Waals surface area contributed by atoms with Crippen molar-refractivity contribution in [2.24, 2.45) is 0 Å². The average molecular weight is 210 g/mol. The van der Waals surface area contributed by atoms with Gasteiger partial charge in [-0.3, -0.25) is 5.10 Å². The molecule has 3 rings (SSSR count). The fourth-order valence-electron chi connectivity index (χ4n) is 1.77. The van der Waals surface area contributed by atoms with E-state index >= 15 is 0 Å². The minimum Gasteiger partial charge on any atom is -0.508 e. The molecule has 78 valence electrons. The fraction of sp³-hybridized carbons (Fsp3) is 0. The zero-order valence-electron chi connectivity index (χ0n) is 8.51. The van der Waals surface area contributed by atoms with Crippen LogP contribution in [0.5, 0.6) is 5.75 Å². The molecule has 0 saturated heterocycles. The largest absolute Gasteiger partial charge is 0.508 e. The number of hydrogen-bond donors (Lipinski definition) is 2. The second-order valence-corrected chi connectivity index (χ2v) is 3.72. The van der Waals surface area contributed by atoms with Gasteiger partial charge in [-0.15, -0.1) is 0 Å². The van der Waals surface area contributed by atoms with E-state index in [-0.39, 0.29) is 5.75 Å². The summed E-state index contributed by atoms with van der Waals surface area (Å²) in [7, 11) is 0. The number of hydrogen-bond acceptors (Lipinski definition) is 2. The Labute approximate surface area is 92.4 Å². The van der Waals surface area contributed by atoms with Crippen LogP contribution in [-0.4, -0.2) is 15.3 Å². The summed E-state index contributed by atoms with van der Waals surface area (Å²) < 4.78 is 0. The number of aromatic hydroxyl groups is 1. The first-order valence-corrected chi connectivity index (χ1v) is 5.05. The predicted molar refractivity (Wildman–Crippen MR) is 63.2 cm³/mol. The topological polar surface area (TPSA) is 48.9 Å². The second kappa shape index (κ2) is 3.38. The van der Waals surface area contributed by atoms with Gasteiger partial charge in [0.15, 0.2) is 0 Å². The normalized spacial score (nSPS) is 10.8. The molecule has 0 spiro atoms. The third kappa shape index (κ3) is 1.42. The van der Waals surface area contributed by atoms with Gasteiger partial charge in [0, 0.05) is 5.39 Å². The van der Waals surface area contributed by atoms with Gasteiger partial charge >= 0.3 is 0 Å². The molecule has 3 aromatic rings. The summed E-state index contributed by atoms with van der Waals surface area (Å²) in [6, 6.07) is 13.3. The standard InChI is InChI=1S/C13H10N2O/c16-12-5-3-9(4-6-12)10-1-2-11-8-14-15-13(11)7-10/h1-8,16H,(H,14,15). The number of phenols is 1. The molecule has 2 aromatic carbocycles. The summed E-state index contributed by atoms with van der Waals surface area (Å²) >= 11 is 0. The molecule has 3 heteroatoms. The molecule has 0 atom stereocenters. The van der Waals surface area contributed by atoms with E-state index in [2.05, 4.69) is 16.3 Å². The van der Waals surface area contributed by atoms with Crippen molar-refractivity contribution < 1.29 is 5.11 Å². The Morgan fingerprint density at radius 2 is 1.69 bits per heavy atom. The fourth-order valence-corrected chi connectivity index (χ4v) is 1.77. The molecular formula is C13H10N2O. The van der Waals surface area contributed by atoms with Gasteiger partial charge in [-0.25, -0.2) is 0 Å². The van der Waals surface area contributed by atoms with Crippen molar-refractivity contribution in [1.29, 1.82) is 0 Å². The highest BCUT2D eigenvalue weighted by atomic mass is 16.3. The lowest BCUT2D eigenvalue weighted by atomic mass is 10.0. The molecule has 16 heavy (non-hydrogen) atoms. The van der Waals surface area contributed by atoms with Crippen LogP contribution >= 0.6 is 0 Å². The first-order valence-electron chi connectivity index (χ1n) is 5.05. The van der Waals surface area contributed by atoms with Crippen LogP contribution in [0.15, 0.2) is 48.7 Å². The zero-order valence-corrected chi connectivity index (χ0v) is 8.51. The number of nitrogens with one attached hydrogen (secondary N) is 1. The molecule has 3 nitrogen and oxygen atoms in total. The first-order chi connectivity index (χ1) is 7.83. The minimum atomic E-state index is 0.284. The van der Waals surface area contributed by atoms with Gasteiger partial charge in [0.05, 0.1) is 11.7 Å². The number of H-pyrrole nitrogens is 1. The number of benzene rings is 2. The molecule has 0 fully saturated rings. The molecular weight excluding hydrogens is 200 g/mol. The van der Waals surface area contributed by atoms with Crippen LogP contribution in [0.1, 0.15) is 0 Å². The van der Waals surface area contributed by atoms with Crippen LogP contribution < -0.4 is 0 Å². The lowest BCUT2D eigenvalue weighted by molar-refractivity contribution is 0.475. The molecule has 0 aliphatic rings. The first kappa shape index (κ1) is 8.97. The number of aromatic amines is 1. The second-order valence-electron chi connectivity index (χ2n) is 3.72. The van der Waals surface area contributed by atoms with Gasteiger partial charge in [-0.2, -0.15) is 5.10 Å². The molecule has 0 amide bonds. The molecule has 2 N–H and O–H groups in total. The minimum absolute atomic E-state index is 0.284. The summed E-state index contributed by atoms with van der Waals surface area (Å²) in [5, 5.41) is 17.3. The van der Waals surface area contributed by atoms with Gasteiger partial charge in [0.1, 0.15) is 5.75 Å².